The maximum atomic E-state index is 13.4. The molecule has 37 heavy (non-hydrogen) atoms. The number of nitrogens with one attached hydrogen (secondary N) is 1. The van der Waals surface area contributed by atoms with Crippen molar-refractivity contribution in [3.63, 3.8) is 0 Å². The number of carbonyl (C=O) groups is 1. The summed E-state index contributed by atoms with van der Waals surface area (Å²) < 4.78 is 65.9. The number of benzene rings is 3. The molecule has 3 aromatic rings. The van der Waals surface area contributed by atoms with Gasteiger partial charge in [0.05, 0.1) is 41.5 Å². The average molecular weight is 546 g/mol. The normalized spacial score (nSPS) is 14.6. The van der Waals surface area contributed by atoms with Gasteiger partial charge < -0.3 is 14.8 Å². The second-order valence-electron chi connectivity index (χ2n) is 8.09. The first-order valence-corrected chi connectivity index (χ1v) is 14.3. The number of morpholine rings is 1. The maximum Gasteiger partial charge on any atom is 0.264 e. The van der Waals surface area contributed by atoms with Crippen molar-refractivity contribution in [2.75, 3.05) is 49.6 Å². The third-order valence-electron chi connectivity index (χ3n) is 5.72. The third-order valence-corrected chi connectivity index (χ3v) is 9.40. The van der Waals surface area contributed by atoms with Gasteiger partial charge in [-0.05, 0) is 42.5 Å². The van der Waals surface area contributed by atoms with Crippen LogP contribution >= 0.6 is 0 Å². The van der Waals surface area contributed by atoms with E-state index in [0.717, 1.165) is 4.31 Å². The Bertz CT molecular complexity index is 1440. The number of hydrogen-bond donors (Lipinski definition) is 1. The molecule has 1 fully saturated rings. The molecular weight excluding hydrogens is 518 g/mol. The van der Waals surface area contributed by atoms with Gasteiger partial charge in [0.25, 0.3) is 10.0 Å². The van der Waals surface area contributed by atoms with Crippen LogP contribution < -0.4 is 14.4 Å². The Hall–Kier alpha value is -3.45. The highest BCUT2D eigenvalue weighted by atomic mass is 32.2. The van der Waals surface area contributed by atoms with Crippen molar-refractivity contribution in [1.82, 2.24) is 4.31 Å². The van der Waals surface area contributed by atoms with Gasteiger partial charge in [0.1, 0.15) is 12.3 Å². The number of para-hydroxylation sites is 1. The lowest BCUT2D eigenvalue weighted by Gasteiger charge is -2.26. The predicted octanol–water partition coefficient (Wildman–Crippen LogP) is 2.55. The lowest BCUT2D eigenvalue weighted by atomic mass is 10.3. The summed E-state index contributed by atoms with van der Waals surface area (Å²) in [7, 11) is -6.52. The standard InChI is InChI=1S/C25H27N3O7S2/c1-34-24-13-12-22(36(30,31)27-14-16-35-17-15-27)18-23(24)26-25(29)19-28(20-8-4-2-5-9-20)37(32,33)21-10-6-3-7-11-21/h2-13,18H,14-17,19H2,1H3,(H,26,29). The van der Waals surface area contributed by atoms with Crippen molar-refractivity contribution in [3.8, 4) is 5.75 Å². The fraction of sp³-hybridized carbons (Fsp3) is 0.240. The number of nitrogens with zero attached hydrogens (tertiary/aromatic N) is 2. The summed E-state index contributed by atoms with van der Waals surface area (Å²) in [5.41, 5.74) is 0.407. The van der Waals surface area contributed by atoms with E-state index in [9.17, 15) is 21.6 Å². The van der Waals surface area contributed by atoms with Crippen molar-refractivity contribution >= 4 is 37.3 Å². The molecule has 1 aliphatic rings. The van der Waals surface area contributed by atoms with Gasteiger partial charge in [-0.25, -0.2) is 16.8 Å². The molecule has 4 rings (SSSR count). The molecule has 1 aliphatic heterocycles. The Kier molecular flexibility index (Phi) is 8.13. The highest BCUT2D eigenvalue weighted by molar-refractivity contribution is 7.92. The fourth-order valence-electron chi connectivity index (χ4n) is 3.83. The summed E-state index contributed by atoms with van der Waals surface area (Å²) in [5.74, 6) is -0.450. The molecule has 1 saturated heterocycles. The summed E-state index contributed by atoms with van der Waals surface area (Å²) in [6.45, 7) is 0.484. The molecule has 0 aromatic heterocycles. The summed E-state index contributed by atoms with van der Waals surface area (Å²) in [6, 6.07) is 20.2. The van der Waals surface area contributed by atoms with E-state index in [0.29, 0.717) is 18.9 Å². The monoisotopic (exact) mass is 545 g/mol. The van der Waals surface area contributed by atoms with Crippen LogP contribution in [0.5, 0.6) is 5.75 Å². The number of rotatable bonds is 9. The van der Waals surface area contributed by atoms with E-state index in [1.807, 2.05) is 0 Å². The Labute approximate surface area is 216 Å². The molecule has 0 saturated carbocycles. The van der Waals surface area contributed by atoms with Crippen LogP contribution in [-0.2, 0) is 29.6 Å². The first-order chi connectivity index (χ1) is 17.7. The van der Waals surface area contributed by atoms with Gasteiger partial charge >= 0.3 is 0 Å². The van der Waals surface area contributed by atoms with Crippen LogP contribution in [0.2, 0.25) is 0 Å². The average Bonchev–Trinajstić information content (AvgIpc) is 2.93. The van der Waals surface area contributed by atoms with Crippen LogP contribution in [0.1, 0.15) is 0 Å². The van der Waals surface area contributed by atoms with Crippen LogP contribution in [0.3, 0.4) is 0 Å². The zero-order valence-electron chi connectivity index (χ0n) is 20.1. The molecule has 1 N–H and O–H groups in total. The van der Waals surface area contributed by atoms with Crippen LogP contribution in [0.25, 0.3) is 0 Å². The minimum atomic E-state index is -4.08. The van der Waals surface area contributed by atoms with Gasteiger partial charge in [-0.15, -0.1) is 0 Å². The maximum absolute atomic E-state index is 13.4. The highest BCUT2D eigenvalue weighted by Crippen LogP contribution is 2.30. The van der Waals surface area contributed by atoms with Gasteiger partial charge in [0.15, 0.2) is 0 Å². The van der Waals surface area contributed by atoms with Gasteiger partial charge in [-0.2, -0.15) is 4.31 Å². The van der Waals surface area contributed by atoms with Crippen molar-refractivity contribution in [2.45, 2.75) is 9.79 Å². The van der Waals surface area contributed by atoms with Gasteiger partial charge in [0, 0.05) is 13.1 Å². The Morgan fingerprint density at radius 1 is 0.919 bits per heavy atom. The summed E-state index contributed by atoms with van der Waals surface area (Å²) >= 11 is 0. The number of sulfonamides is 2. The SMILES string of the molecule is COc1ccc(S(=O)(=O)N2CCOCC2)cc1NC(=O)CN(c1ccccc1)S(=O)(=O)c1ccccc1. The van der Waals surface area contributed by atoms with Gasteiger partial charge in [0.2, 0.25) is 15.9 Å². The first kappa shape index (κ1) is 26.6. The third kappa shape index (κ3) is 5.93. The molecular formula is C25H27N3O7S2. The number of amides is 1. The van der Waals surface area contributed by atoms with Crippen molar-refractivity contribution in [2.24, 2.45) is 0 Å². The van der Waals surface area contributed by atoms with Crippen molar-refractivity contribution in [1.29, 1.82) is 0 Å². The Balaban J connectivity index is 1.63. The molecule has 1 amide bonds. The largest absolute Gasteiger partial charge is 0.495 e. The summed E-state index contributed by atoms with van der Waals surface area (Å²) in [5, 5.41) is 2.62. The molecule has 196 valence electrons. The summed E-state index contributed by atoms with van der Waals surface area (Å²) in [4.78, 5) is 13.2. The van der Waals surface area contributed by atoms with E-state index in [4.69, 9.17) is 9.47 Å². The van der Waals surface area contributed by atoms with Gasteiger partial charge in [-0.1, -0.05) is 36.4 Å². The molecule has 0 spiro atoms. The zero-order chi connectivity index (χ0) is 26.5. The second kappa shape index (κ2) is 11.3. The van der Waals surface area contributed by atoms with Gasteiger partial charge in [-0.3, -0.25) is 9.10 Å². The highest BCUT2D eigenvalue weighted by Gasteiger charge is 2.29. The second-order valence-corrected chi connectivity index (χ2v) is 11.9. The Morgan fingerprint density at radius 3 is 2.16 bits per heavy atom. The molecule has 3 aromatic carbocycles. The number of methoxy groups -OCH3 is 1. The van der Waals surface area contributed by atoms with Crippen molar-refractivity contribution < 1.29 is 31.1 Å². The van der Waals surface area contributed by atoms with Crippen LogP contribution in [0, 0.1) is 0 Å². The topological polar surface area (TPSA) is 122 Å². The fourth-order valence-corrected chi connectivity index (χ4v) is 6.71. The molecule has 12 heteroatoms. The van der Waals surface area contributed by atoms with E-state index >= 15 is 0 Å². The molecule has 1 heterocycles. The molecule has 0 atom stereocenters. The van der Waals surface area contributed by atoms with E-state index in [-0.39, 0.29) is 34.3 Å². The zero-order valence-corrected chi connectivity index (χ0v) is 21.7. The van der Waals surface area contributed by atoms with Crippen molar-refractivity contribution in [3.05, 3.63) is 78.9 Å². The minimum absolute atomic E-state index is 0.0256. The predicted molar refractivity (Wildman–Crippen MR) is 139 cm³/mol. The number of anilines is 2. The quantitative estimate of drug-likeness (QED) is 0.439. The van der Waals surface area contributed by atoms with E-state index in [1.54, 1.807) is 48.5 Å². The van der Waals surface area contributed by atoms with E-state index in [2.05, 4.69) is 5.32 Å². The van der Waals surface area contributed by atoms with Crippen LogP contribution in [-0.4, -0.2) is 67.0 Å². The molecule has 0 aliphatic carbocycles. The Morgan fingerprint density at radius 2 is 1.54 bits per heavy atom. The first-order valence-electron chi connectivity index (χ1n) is 11.4. The van der Waals surface area contributed by atoms with E-state index in [1.165, 1.54) is 41.7 Å². The van der Waals surface area contributed by atoms with Crippen LogP contribution in [0.4, 0.5) is 11.4 Å². The van der Waals surface area contributed by atoms with Crippen LogP contribution in [0.15, 0.2) is 88.7 Å². The smallest absolute Gasteiger partial charge is 0.264 e. The lowest BCUT2D eigenvalue weighted by molar-refractivity contribution is -0.114. The molecule has 0 unspecified atom stereocenters. The number of ether oxygens (including phenoxy) is 2. The summed E-state index contributed by atoms with van der Waals surface area (Å²) in [6.07, 6.45) is 0. The number of hydrogen-bond acceptors (Lipinski definition) is 7. The molecule has 10 nitrogen and oxygen atoms in total. The molecule has 0 bridgehead atoms. The van der Waals surface area contributed by atoms with E-state index < -0.39 is 32.5 Å². The molecule has 0 radical (unpaired) electrons. The lowest BCUT2D eigenvalue weighted by Crippen LogP contribution is -2.40. The number of carbonyl (C=O) groups excluding carboxylic acids is 1. The minimum Gasteiger partial charge on any atom is -0.495 e.